The highest BCUT2D eigenvalue weighted by Crippen LogP contribution is 2.11. The van der Waals surface area contributed by atoms with E-state index in [1.54, 1.807) is 7.11 Å². The zero-order valence-corrected chi connectivity index (χ0v) is 18.7. The number of benzene rings is 1. The fourth-order valence-electron chi connectivity index (χ4n) is 2.23. The van der Waals surface area contributed by atoms with Crippen molar-refractivity contribution >= 4 is 29.9 Å². The Hall–Kier alpha value is -1.88. The minimum atomic E-state index is 0. The van der Waals surface area contributed by atoms with Crippen molar-refractivity contribution in [2.75, 3.05) is 26.9 Å². The third-order valence-corrected chi connectivity index (χ3v) is 3.92. The lowest BCUT2D eigenvalue weighted by atomic mass is 10.2. The first kappa shape index (κ1) is 23.2. The van der Waals surface area contributed by atoms with Crippen molar-refractivity contribution in [2.24, 2.45) is 12.0 Å². The van der Waals surface area contributed by atoms with Gasteiger partial charge in [-0.15, -0.1) is 34.2 Å². The normalized spacial score (nSPS) is 11.0. The number of hydrogen-bond donors (Lipinski definition) is 2. The maximum Gasteiger partial charge on any atom is 0.192 e. The first-order chi connectivity index (χ1) is 12.6. The van der Waals surface area contributed by atoms with E-state index in [9.17, 15) is 0 Å². The minimum absolute atomic E-state index is 0. The molecule has 9 heteroatoms. The Bertz CT molecular complexity index is 702. The van der Waals surface area contributed by atoms with E-state index in [0.717, 1.165) is 23.0 Å². The number of ether oxygens (including phenoxy) is 2. The molecule has 27 heavy (non-hydrogen) atoms. The number of hydrogen-bond acceptors (Lipinski definition) is 5. The zero-order chi connectivity index (χ0) is 18.8. The van der Waals surface area contributed by atoms with Crippen molar-refractivity contribution < 1.29 is 9.47 Å². The van der Waals surface area contributed by atoms with E-state index in [-0.39, 0.29) is 24.0 Å². The molecule has 2 N–H and O–H groups in total. The zero-order valence-electron chi connectivity index (χ0n) is 16.4. The van der Waals surface area contributed by atoms with Gasteiger partial charge in [0.25, 0.3) is 0 Å². The van der Waals surface area contributed by atoms with Gasteiger partial charge >= 0.3 is 0 Å². The molecule has 1 heterocycles. The van der Waals surface area contributed by atoms with E-state index in [4.69, 9.17) is 9.47 Å². The number of nitrogens with zero attached hydrogens (tertiary/aromatic N) is 4. The summed E-state index contributed by atoms with van der Waals surface area (Å²) in [6.07, 6.45) is 0. The minimum Gasteiger partial charge on any atom is -0.497 e. The molecule has 0 amide bonds. The van der Waals surface area contributed by atoms with Gasteiger partial charge in [-0.2, -0.15) is 0 Å². The summed E-state index contributed by atoms with van der Waals surface area (Å²) >= 11 is 0. The van der Waals surface area contributed by atoms with Crippen LogP contribution >= 0.6 is 24.0 Å². The fourth-order valence-corrected chi connectivity index (χ4v) is 2.23. The van der Waals surface area contributed by atoms with Crippen LogP contribution in [0.25, 0.3) is 0 Å². The highest BCUT2D eigenvalue weighted by atomic mass is 127. The Morgan fingerprint density at radius 1 is 1.19 bits per heavy atom. The summed E-state index contributed by atoms with van der Waals surface area (Å²) in [5.41, 5.74) is 1.10. The molecule has 0 atom stereocenters. The maximum atomic E-state index is 5.37. The van der Waals surface area contributed by atoms with Gasteiger partial charge in [0.2, 0.25) is 0 Å². The Morgan fingerprint density at radius 3 is 2.52 bits per heavy atom. The quantitative estimate of drug-likeness (QED) is 0.243. The van der Waals surface area contributed by atoms with E-state index < -0.39 is 0 Å². The van der Waals surface area contributed by atoms with Crippen molar-refractivity contribution in [3.05, 3.63) is 41.5 Å². The molecule has 150 valence electrons. The molecule has 1 aromatic heterocycles. The lowest BCUT2D eigenvalue weighted by Gasteiger charge is -2.12. The standard InChI is InChI=1S/C18H28N6O2.HI/c1-5-26-11-10-19-18(21-13-17-23-22-14(2)24(17)3)20-12-15-6-8-16(25-4)9-7-15;/h6-9H,5,10-13H2,1-4H3,(H2,19,20,21);1H. The van der Waals surface area contributed by atoms with E-state index in [0.29, 0.717) is 38.8 Å². The summed E-state index contributed by atoms with van der Waals surface area (Å²) in [5, 5.41) is 14.8. The van der Waals surface area contributed by atoms with Crippen LogP contribution in [0.3, 0.4) is 0 Å². The molecule has 0 fully saturated rings. The number of rotatable bonds is 9. The second-order valence-electron chi connectivity index (χ2n) is 5.71. The van der Waals surface area contributed by atoms with Gasteiger partial charge in [-0.1, -0.05) is 12.1 Å². The van der Waals surface area contributed by atoms with E-state index in [1.165, 1.54) is 0 Å². The number of aliphatic imine (C=N–C) groups is 1. The lowest BCUT2D eigenvalue weighted by molar-refractivity contribution is 0.152. The first-order valence-corrected chi connectivity index (χ1v) is 8.71. The molecular weight excluding hydrogens is 459 g/mol. The molecule has 2 aromatic rings. The van der Waals surface area contributed by atoms with Crippen LogP contribution in [0.5, 0.6) is 5.75 Å². The predicted octanol–water partition coefficient (Wildman–Crippen LogP) is 2.02. The van der Waals surface area contributed by atoms with Gasteiger partial charge in [-0.25, -0.2) is 4.99 Å². The van der Waals surface area contributed by atoms with Gasteiger partial charge in [0.1, 0.15) is 11.6 Å². The van der Waals surface area contributed by atoms with Crippen LogP contribution in [0.15, 0.2) is 29.3 Å². The maximum absolute atomic E-state index is 5.37. The van der Waals surface area contributed by atoms with E-state index >= 15 is 0 Å². The number of aryl methyl sites for hydroxylation is 1. The smallest absolute Gasteiger partial charge is 0.192 e. The topological polar surface area (TPSA) is 85.6 Å². The largest absolute Gasteiger partial charge is 0.497 e. The molecule has 1 aromatic carbocycles. The van der Waals surface area contributed by atoms with Crippen molar-refractivity contribution in [3.8, 4) is 5.75 Å². The molecule has 0 radical (unpaired) electrons. The fraction of sp³-hybridized carbons (Fsp3) is 0.500. The summed E-state index contributed by atoms with van der Waals surface area (Å²) in [6.45, 7) is 7.02. The van der Waals surface area contributed by atoms with Gasteiger partial charge in [0.05, 0.1) is 26.8 Å². The molecule has 0 aliphatic heterocycles. The molecule has 0 spiro atoms. The van der Waals surface area contributed by atoms with Gasteiger partial charge in [-0.3, -0.25) is 0 Å². The third-order valence-electron chi connectivity index (χ3n) is 3.92. The summed E-state index contributed by atoms with van der Waals surface area (Å²) in [6, 6.07) is 7.88. The second-order valence-corrected chi connectivity index (χ2v) is 5.71. The number of nitrogens with one attached hydrogen (secondary N) is 2. The van der Waals surface area contributed by atoms with Gasteiger partial charge in [0, 0.05) is 20.2 Å². The lowest BCUT2D eigenvalue weighted by Crippen LogP contribution is -2.39. The summed E-state index contributed by atoms with van der Waals surface area (Å²) in [5.74, 6) is 3.28. The Morgan fingerprint density at radius 2 is 1.93 bits per heavy atom. The number of methoxy groups -OCH3 is 1. The van der Waals surface area contributed by atoms with Crippen molar-refractivity contribution in [1.82, 2.24) is 25.4 Å². The van der Waals surface area contributed by atoms with Gasteiger partial charge in [0.15, 0.2) is 11.8 Å². The monoisotopic (exact) mass is 488 g/mol. The Labute approximate surface area is 177 Å². The van der Waals surface area contributed by atoms with E-state index in [1.807, 2.05) is 49.7 Å². The molecular formula is C18H29IN6O2. The molecule has 0 aliphatic carbocycles. The number of aromatic nitrogens is 3. The Kier molecular flexibility index (Phi) is 10.7. The van der Waals surface area contributed by atoms with E-state index in [2.05, 4.69) is 25.8 Å². The summed E-state index contributed by atoms with van der Waals surface area (Å²) < 4.78 is 12.5. The van der Waals surface area contributed by atoms with Crippen molar-refractivity contribution in [2.45, 2.75) is 26.9 Å². The highest BCUT2D eigenvalue weighted by molar-refractivity contribution is 14.0. The molecule has 0 unspecified atom stereocenters. The molecule has 0 saturated carbocycles. The van der Waals surface area contributed by atoms with Crippen LogP contribution in [0.2, 0.25) is 0 Å². The number of guanidine groups is 1. The van der Waals surface area contributed by atoms with Crippen LogP contribution < -0.4 is 15.4 Å². The van der Waals surface area contributed by atoms with Crippen LogP contribution in [-0.2, 0) is 24.9 Å². The average Bonchev–Trinajstić information content (AvgIpc) is 2.99. The molecule has 0 bridgehead atoms. The Balaban J connectivity index is 0.00000364. The average molecular weight is 488 g/mol. The van der Waals surface area contributed by atoms with Gasteiger partial charge < -0.3 is 24.7 Å². The highest BCUT2D eigenvalue weighted by Gasteiger charge is 2.06. The van der Waals surface area contributed by atoms with Crippen molar-refractivity contribution in [3.63, 3.8) is 0 Å². The van der Waals surface area contributed by atoms with Crippen LogP contribution in [0, 0.1) is 6.92 Å². The molecule has 8 nitrogen and oxygen atoms in total. The van der Waals surface area contributed by atoms with Crippen LogP contribution in [0.1, 0.15) is 24.1 Å². The van der Waals surface area contributed by atoms with Crippen LogP contribution in [0.4, 0.5) is 0 Å². The van der Waals surface area contributed by atoms with Crippen molar-refractivity contribution in [1.29, 1.82) is 0 Å². The molecule has 0 aliphatic rings. The predicted molar refractivity (Wildman–Crippen MR) is 117 cm³/mol. The van der Waals surface area contributed by atoms with Gasteiger partial charge in [-0.05, 0) is 31.5 Å². The second kappa shape index (κ2) is 12.5. The van der Waals surface area contributed by atoms with Crippen LogP contribution in [-0.4, -0.2) is 47.6 Å². The SMILES string of the molecule is CCOCCNC(=NCc1ccc(OC)cc1)NCc1nnc(C)n1C.I. The third kappa shape index (κ3) is 7.71. The molecule has 0 saturated heterocycles. The first-order valence-electron chi connectivity index (χ1n) is 8.71. The molecule has 2 rings (SSSR count). The summed E-state index contributed by atoms with van der Waals surface area (Å²) in [4.78, 5) is 4.64. The number of halogens is 1. The summed E-state index contributed by atoms with van der Waals surface area (Å²) in [7, 11) is 3.61.